The van der Waals surface area contributed by atoms with E-state index in [9.17, 15) is 0 Å². The Kier molecular flexibility index (Phi) is 10.5. The fourth-order valence-corrected chi connectivity index (χ4v) is 11.9. The molecule has 0 bridgehead atoms. The third-order valence-corrected chi connectivity index (χ3v) is 15.4. The van der Waals surface area contributed by atoms with Crippen molar-refractivity contribution in [2.24, 2.45) is 0 Å². The molecule has 0 spiro atoms. The lowest BCUT2D eigenvalue weighted by atomic mass is 9.82. The average molecular weight is 933 g/mol. The van der Waals surface area contributed by atoms with Gasteiger partial charge in [-0.25, -0.2) is 0 Å². The number of benzene rings is 11. The fraction of sp³-hybridized carbons (Fsp3) is 0.0423. The summed E-state index contributed by atoms with van der Waals surface area (Å²) < 4.78 is 2.46. The van der Waals surface area contributed by atoms with Crippen molar-refractivity contribution in [2.45, 2.75) is 19.3 Å². The summed E-state index contributed by atoms with van der Waals surface area (Å²) in [5, 5.41) is 7.12. The zero-order chi connectivity index (χ0) is 49.2. The third kappa shape index (κ3) is 7.09. The predicted molar refractivity (Wildman–Crippen MR) is 313 cm³/mol. The van der Waals surface area contributed by atoms with Crippen molar-refractivity contribution in [3.63, 3.8) is 0 Å². The van der Waals surface area contributed by atoms with Crippen LogP contribution in [-0.2, 0) is 5.41 Å². The molecule has 0 fully saturated rings. The second-order valence-electron chi connectivity index (χ2n) is 19.7. The van der Waals surface area contributed by atoms with E-state index in [0.717, 1.165) is 44.9 Å². The Hall–Kier alpha value is -9.24. The number of fused-ring (bicyclic) bond motifs is 8. The molecule has 1 heterocycles. The average Bonchev–Trinajstić information content (AvgIpc) is 3.90. The molecule has 346 valence electrons. The summed E-state index contributed by atoms with van der Waals surface area (Å²) >= 11 is 0. The summed E-state index contributed by atoms with van der Waals surface area (Å²) in [6, 6.07) is 87.1. The van der Waals surface area contributed by atoms with Crippen LogP contribution in [0.25, 0.3) is 99.1 Å². The molecule has 1 aliphatic carbocycles. The second kappa shape index (κ2) is 17.6. The first kappa shape index (κ1) is 43.8. The standard InChI is InChI=1S/C71H52N2/c1-5-20-47(6-2)54-30-19-32-69-70(54)63-45-51(49-23-11-8-12-24-49)35-42-68(63)73(69)67-44-40-58(56-26-14-16-29-61(56)67)57-39-43-66(60-28-15-13-25-55(57)60)72(52-36-33-50(34-37-52)48-21-9-7-10-22-48)53-38-41-65-62(46-53)59-27-17-18-31-64(59)71(65,3)4/h5-46H,1-2H2,3-4H3/b47-20+. The molecule has 0 radical (unpaired) electrons. The molecular formula is C71H52N2. The van der Waals surface area contributed by atoms with E-state index in [1.165, 1.54) is 88.0 Å². The van der Waals surface area contributed by atoms with Gasteiger partial charge in [0, 0.05) is 38.3 Å². The van der Waals surface area contributed by atoms with E-state index in [-0.39, 0.29) is 5.41 Å². The molecule has 1 aromatic heterocycles. The molecule has 12 aromatic rings. The third-order valence-electron chi connectivity index (χ3n) is 15.4. The highest BCUT2D eigenvalue weighted by atomic mass is 15.1. The number of hydrogen-bond donors (Lipinski definition) is 0. The second-order valence-corrected chi connectivity index (χ2v) is 19.7. The number of anilines is 3. The summed E-state index contributed by atoms with van der Waals surface area (Å²) in [5.41, 5.74) is 21.3. The maximum absolute atomic E-state index is 4.23. The van der Waals surface area contributed by atoms with E-state index in [1.807, 2.05) is 12.2 Å². The number of aromatic nitrogens is 1. The van der Waals surface area contributed by atoms with E-state index >= 15 is 0 Å². The Morgan fingerprint density at radius 2 is 1.01 bits per heavy atom. The van der Waals surface area contributed by atoms with Crippen molar-refractivity contribution >= 4 is 66.0 Å². The zero-order valence-electron chi connectivity index (χ0n) is 41.1. The lowest BCUT2D eigenvalue weighted by Gasteiger charge is -2.29. The topological polar surface area (TPSA) is 8.17 Å². The van der Waals surface area contributed by atoms with Gasteiger partial charge in [-0.1, -0.05) is 227 Å². The van der Waals surface area contributed by atoms with Crippen LogP contribution in [0.5, 0.6) is 0 Å². The van der Waals surface area contributed by atoms with Gasteiger partial charge in [-0.2, -0.15) is 0 Å². The first-order chi connectivity index (χ1) is 35.9. The maximum atomic E-state index is 4.23. The Balaban J connectivity index is 0.999. The number of nitrogens with zero attached hydrogens (tertiary/aromatic N) is 2. The highest BCUT2D eigenvalue weighted by Crippen LogP contribution is 2.52. The summed E-state index contributed by atoms with van der Waals surface area (Å²) in [5.74, 6) is 0. The van der Waals surface area contributed by atoms with Crippen LogP contribution >= 0.6 is 0 Å². The van der Waals surface area contributed by atoms with E-state index in [4.69, 9.17) is 0 Å². The van der Waals surface area contributed by atoms with Gasteiger partial charge in [0.25, 0.3) is 0 Å². The van der Waals surface area contributed by atoms with Crippen LogP contribution in [0.4, 0.5) is 17.1 Å². The summed E-state index contributed by atoms with van der Waals surface area (Å²) in [6.45, 7) is 13.0. The van der Waals surface area contributed by atoms with Crippen molar-refractivity contribution in [3.8, 4) is 50.2 Å². The van der Waals surface area contributed by atoms with Crippen LogP contribution in [-0.4, -0.2) is 4.57 Å². The quantitative estimate of drug-likeness (QED) is 0.124. The molecule has 13 rings (SSSR count). The highest BCUT2D eigenvalue weighted by molar-refractivity contribution is 6.17. The fourth-order valence-electron chi connectivity index (χ4n) is 11.9. The highest BCUT2D eigenvalue weighted by Gasteiger charge is 2.36. The van der Waals surface area contributed by atoms with Gasteiger partial charge >= 0.3 is 0 Å². The Morgan fingerprint density at radius 3 is 1.74 bits per heavy atom. The SMILES string of the molecule is C=C/C=C(\C=C)c1cccc2c1c1cc(-c3ccccc3)ccc1n2-c1ccc(-c2ccc(N(c3ccc(-c4ccccc4)cc3)c3ccc4c(c3)-c3ccccc3C4(C)C)c3ccccc23)c2ccccc12. The summed E-state index contributed by atoms with van der Waals surface area (Å²) in [7, 11) is 0. The Labute approximate surface area is 427 Å². The number of allylic oxidation sites excluding steroid dienone is 4. The first-order valence-electron chi connectivity index (χ1n) is 25.2. The molecule has 0 saturated heterocycles. The lowest BCUT2D eigenvalue weighted by molar-refractivity contribution is 0.660. The van der Waals surface area contributed by atoms with Crippen LogP contribution in [0, 0.1) is 0 Å². The number of rotatable bonds is 10. The van der Waals surface area contributed by atoms with Crippen LogP contribution in [0.15, 0.2) is 268 Å². The monoisotopic (exact) mass is 932 g/mol. The van der Waals surface area contributed by atoms with Crippen LogP contribution in [0.3, 0.4) is 0 Å². The molecule has 73 heavy (non-hydrogen) atoms. The van der Waals surface area contributed by atoms with Gasteiger partial charge in [-0.05, 0) is 132 Å². The minimum Gasteiger partial charge on any atom is -0.310 e. The van der Waals surface area contributed by atoms with Crippen molar-refractivity contribution < 1.29 is 0 Å². The van der Waals surface area contributed by atoms with Crippen molar-refractivity contribution in [1.29, 1.82) is 0 Å². The minimum absolute atomic E-state index is 0.0898. The van der Waals surface area contributed by atoms with Gasteiger partial charge < -0.3 is 9.47 Å². The van der Waals surface area contributed by atoms with Gasteiger partial charge in [0.05, 0.1) is 22.4 Å². The minimum atomic E-state index is -0.0898. The van der Waals surface area contributed by atoms with Crippen molar-refractivity contribution in [2.75, 3.05) is 4.90 Å². The Bertz CT molecular complexity index is 4190. The number of hydrogen-bond acceptors (Lipinski definition) is 1. The molecule has 2 nitrogen and oxygen atoms in total. The zero-order valence-corrected chi connectivity index (χ0v) is 41.1. The van der Waals surface area contributed by atoms with E-state index in [2.05, 4.69) is 279 Å². The lowest BCUT2D eigenvalue weighted by Crippen LogP contribution is -2.15. The van der Waals surface area contributed by atoms with E-state index in [0.29, 0.717) is 0 Å². The maximum Gasteiger partial charge on any atom is 0.0547 e. The van der Waals surface area contributed by atoms with Gasteiger partial charge in [0.1, 0.15) is 0 Å². The molecule has 0 atom stereocenters. The Morgan fingerprint density at radius 1 is 0.425 bits per heavy atom. The molecule has 2 heteroatoms. The molecule has 0 aliphatic heterocycles. The van der Waals surface area contributed by atoms with Gasteiger partial charge in [-0.3, -0.25) is 0 Å². The van der Waals surface area contributed by atoms with Gasteiger partial charge in [0.2, 0.25) is 0 Å². The molecule has 0 amide bonds. The summed E-state index contributed by atoms with van der Waals surface area (Å²) in [6.07, 6.45) is 5.84. The first-order valence-corrected chi connectivity index (χ1v) is 25.2. The molecular weight excluding hydrogens is 881 g/mol. The molecule has 0 N–H and O–H groups in total. The predicted octanol–water partition coefficient (Wildman–Crippen LogP) is 19.6. The molecule has 0 unspecified atom stereocenters. The van der Waals surface area contributed by atoms with Gasteiger partial charge in [-0.15, -0.1) is 0 Å². The van der Waals surface area contributed by atoms with E-state index in [1.54, 1.807) is 0 Å². The van der Waals surface area contributed by atoms with E-state index < -0.39 is 0 Å². The largest absolute Gasteiger partial charge is 0.310 e. The van der Waals surface area contributed by atoms with Crippen LogP contribution in [0.1, 0.15) is 30.5 Å². The van der Waals surface area contributed by atoms with Crippen molar-refractivity contribution in [3.05, 3.63) is 285 Å². The summed E-state index contributed by atoms with van der Waals surface area (Å²) in [4.78, 5) is 2.46. The van der Waals surface area contributed by atoms with Crippen molar-refractivity contribution in [1.82, 2.24) is 4.57 Å². The van der Waals surface area contributed by atoms with Crippen LogP contribution < -0.4 is 4.90 Å². The smallest absolute Gasteiger partial charge is 0.0547 e. The molecule has 1 aliphatic rings. The van der Waals surface area contributed by atoms with Gasteiger partial charge in [0.15, 0.2) is 0 Å². The normalized spacial score (nSPS) is 12.8. The molecule has 11 aromatic carbocycles. The molecule has 0 saturated carbocycles. The van der Waals surface area contributed by atoms with Crippen LogP contribution in [0.2, 0.25) is 0 Å².